The fourth-order valence-corrected chi connectivity index (χ4v) is 6.79. The molecular formula is C29H39FN2O3. The van der Waals surface area contributed by atoms with Crippen LogP contribution in [0.4, 0.5) is 4.39 Å². The molecule has 4 aliphatic rings. The number of halogens is 1. The number of fused-ring (bicyclic) bond motifs is 2. The minimum atomic E-state index is -0.550. The lowest BCUT2D eigenvalue weighted by atomic mass is 9.80. The van der Waals surface area contributed by atoms with E-state index in [-0.39, 0.29) is 47.1 Å². The first kappa shape index (κ1) is 24.5. The third-order valence-corrected chi connectivity index (χ3v) is 8.91. The highest BCUT2D eigenvalue weighted by molar-refractivity contribution is 5.98. The number of carbonyl (C=O) groups is 3. The molecule has 35 heavy (non-hydrogen) atoms. The van der Waals surface area contributed by atoms with E-state index in [1.54, 1.807) is 6.07 Å². The van der Waals surface area contributed by atoms with Crippen LogP contribution < -0.4 is 5.32 Å². The van der Waals surface area contributed by atoms with Crippen molar-refractivity contribution in [2.75, 3.05) is 0 Å². The fraction of sp³-hybridized carbons (Fsp3) is 0.690. The molecule has 2 unspecified atom stereocenters. The lowest BCUT2D eigenvalue weighted by Crippen LogP contribution is -2.48. The zero-order valence-corrected chi connectivity index (χ0v) is 21.1. The number of ketones is 1. The first-order valence-electron chi connectivity index (χ1n) is 13.8. The number of hydrogen-bond acceptors (Lipinski definition) is 3. The summed E-state index contributed by atoms with van der Waals surface area (Å²) in [6.45, 7) is 3.71. The molecule has 2 amide bonds. The molecule has 2 heterocycles. The van der Waals surface area contributed by atoms with Crippen LogP contribution in [0.15, 0.2) is 18.2 Å². The van der Waals surface area contributed by atoms with Crippen LogP contribution in [0.25, 0.3) is 0 Å². The van der Waals surface area contributed by atoms with E-state index in [2.05, 4.69) is 10.2 Å². The van der Waals surface area contributed by atoms with Crippen LogP contribution >= 0.6 is 0 Å². The molecule has 3 atom stereocenters. The molecule has 4 fully saturated rings. The minimum Gasteiger partial charge on any atom is -0.342 e. The average Bonchev–Trinajstić information content (AvgIpc) is 3.67. The molecule has 0 radical (unpaired) electrons. The van der Waals surface area contributed by atoms with Crippen LogP contribution in [0.5, 0.6) is 0 Å². The highest BCUT2D eigenvalue weighted by Crippen LogP contribution is 2.46. The zero-order valence-electron chi connectivity index (χ0n) is 21.1. The van der Waals surface area contributed by atoms with Crippen LogP contribution in [-0.2, 0) is 9.59 Å². The Morgan fingerprint density at radius 2 is 1.60 bits per heavy atom. The Morgan fingerprint density at radius 1 is 0.943 bits per heavy atom. The largest absolute Gasteiger partial charge is 0.342 e. The summed E-state index contributed by atoms with van der Waals surface area (Å²) in [5, 5.41) is 2.91. The highest BCUT2D eigenvalue weighted by atomic mass is 19.1. The molecule has 190 valence electrons. The van der Waals surface area contributed by atoms with E-state index in [1.165, 1.54) is 12.5 Å². The summed E-state index contributed by atoms with van der Waals surface area (Å²) in [5.74, 6) is -0.258. The van der Waals surface area contributed by atoms with Crippen LogP contribution in [0, 0.1) is 23.6 Å². The van der Waals surface area contributed by atoms with Gasteiger partial charge in [0.15, 0.2) is 5.78 Å². The van der Waals surface area contributed by atoms with Gasteiger partial charge >= 0.3 is 0 Å². The molecule has 1 N–H and O–H groups in total. The third-order valence-electron chi connectivity index (χ3n) is 8.91. The van der Waals surface area contributed by atoms with Gasteiger partial charge in [0.1, 0.15) is 5.82 Å². The van der Waals surface area contributed by atoms with Gasteiger partial charge in [-0.05, 0) is 80.9 Å². The van der Waals surface area contributed by atoms with Gasteiger partial charge < -0.3 is 10.2 Å². The molecule has 1 aromatic carbocycles. The van der Waals surface area contributed by atoms with Crippen molar-refractivity contribution in [2.24, 2.45) is 17.8 Å². The Morgan fingerprint density at radius 3 is 2.17 bits per heavy atom. The second-order valence-corrected chi connectivity index (χ2v) is 11.7. The summed E-state index contributed by atoms with van der Waals surface area (Å²) >= 11 is 0. The SMILES string of the molecule is CC(C)C(=O)[C@H](NC(=O)c1ccc(C2CC3CCC(C2)N3C(=O)C2CC2)cc1F)C1CCCCC1. The smallest absolute Gasteiger partial charge is 0.254 e. The fourth-order valence-electron chi connectivity index (χ4n) is 6.79. The lowest BCUT2D eigenvalue weighted by Gasteiger charge is -2.39. The van der Waals surface area contributed by atoms with Crippen molar-refractivity contribution in [3.05, 3.63) is 35.1 Å². The summed E-state index contributed by atoms with van der Waals surface area (Å²) in [4.78, 5) is 40.9. The number of Topliss-reactive ketones (excluding diaryl/α,β-unsaturated/α-hetero) is 1. The average molecular weight is 483 g/mol. The van der Waals surface area contributed by atoms with Crippen molar-refractivity contribution in [3.63, 3.8) is 0 Å². The van der Waals surface area contributed by atoms with E-state index >= 15 is 4.39 Å². The predicted octanol–water partition coefficient (Wildman–Crippen LogP) is 5.38. The van der Waals surface area contributed by atoms with Gasteiger partial charge in [-0.2, -0.15) is 0 Å². The van der Waals surface area contributed by atoms with Crippen LogP contribution in [0.1, 0.15) is 106 Å². The standard InChI is InChI=1S/C29H39FN2O3/c1-17(2)27(33)26(18-6-4-3-5-7-18)31-28(34)24-13-10-20(16-25(24)30)21-14-22-11-12-23(15-21)32(22)29(35)19-8-9-19/h10,13,16-19,21-23,26H,3-9,11-12,14-15H2,1-2H3,(H,31,34)/t21?,22?,23?,26-/m1/s1. The number of nitrogens with one attached hydrogen (secondary N) is 1. The van der Waals surface area contributed by atoms with Gasteiger partial charge in [0.05, 0.1) is 11.6 Å². The van der Waals surface area contributed by atoms with Gasteiger partial charge in [-0.3, -0.25) is 14.4 Å². The Kier molecular flexibility index (Phi) is 7.00. The van der Waals surface area contributed by atoms with E-state index in [9.17, 15) is 14.4 Å². The van der Waals surface area contributed by atoms with Crippen LogP contribution in [-0.4, -0.2) is 40.6 Å². The topological polar surface area (TPSA) is 66.5 Å². The summed E-state index contributed by atoms with van der Waals surface area (Å²) < 4.78 is 15.2. The van der Waals surface area contributed by atoms with E-state index in [4.69, 9.17) is 0 Å². The maximum atomic E-state index is 15.2. The van der Waals surface area contributed by atoms with Gasteiger partial charge in [-0.25, -0.2) is 4.39 Å². The second-order valence-electron chi connectivity index (χ2n) is 11.7. The molecule has 2 bridgehead atoms. The quantitative estimate of drug-likeness (QED) is 0.568. The summed E-state index contributed by atoms with van der Waals surface area (Å²) in [7, 11) is 0. The van der Waals surface area contributed by atoms with E-state index in [0.717, 1.165) is 69.8 Å². The second kappa shape index (κ2) is 10.0. The number of hydrogen-bond donors (Lipinski definition) is 1. The molecule has 5 nitrogen and oxygen atoms in total. The molecule has 5 rings (SSSR count). The Hall–Kier alpha value is -2.24. The molecule has 1 aromatic rings. The van der Waals surface area contributed by atoms with Crippen LogP contribution in [0.3, 0.4) is 0 Å². The number of nitrogens with zero attached hydrogens (tertiary/aromatic N) is 1. The van der Waals surface area contributed by atoms with Crippen molar-refractivity contribution >= 4 is 17.6 Å². The maximum absolute atomic E-state index is 15.2. The molecule has 0 aromatic heterocycles. The van der Waals surface area contributed by atoms with Crippen molar-refractivity contribution in [2.45, 2.75) is 109 Å². The Balaban J connectivity index is 1.27. The number of amides is 2. The summed E-state index contributed by atoms with van der Waals surface area (Å²) in [5.41, 5.74) is 0.923. The highest BCUT2D eigenvalue weighted by Gasteiger charge is 2.47. The molecule has 2 saturated heterocycles. The van der Waals surface area contributed by atoms with Gasteiger partial charge in [-0.1, -0.05) is 39.2 Å². The van der Waals surface area contributed by atoms with Gasteiger partial charge in [0.25, 0.3) is 5.91 Å². The van der Waals surface area contributed by atoms with Gasteiger partial charge in [0, 0.05) is 23.9 Å². The molecule has 2 aliphatic heterocycles. The maximum Gasteiger partial charge on any atom is 0.254 e. The molecule has 0 spiro atoms. The Labute approximate surface area is 208 Å². The van der Waals surface area contributed by atoms with Gasteiger partial charge in [-0.15, -0.1) is 0 Å². The minimum absolute atomic E-state index is 0.00966. The Bertz CT molecular complexity index is 968. The summed E-state index contributed by atoms with van der Waals surface area (Å²) in [6, 6.07) is 4.94. The normalized spacial score (nSPS) is 27.7. The lowest BCUT2D eigenvalue weighted by molar-refractivity contribution is -0.137. The van der Waals surface area contributed by atoms with Crippen molar-refractivity contribution in [1.29, 1.82) is 0 Å². The molecule has 2 saturated carbocycles. The first-order valence-corrected chi connectivity index (χ1v) is 13.8. The first-order chi connectivity index (χ1) is 16.8. The number of carbonyl (C=O) groups excluding carboxylic acids is 3. The number of rotatable bonds is 7. The van der Waals surface area contributed by atoms with Crippen molar-refractivity contribution < 1.29 is 18.8 Å². The predicted molar refractivity (Wildman–Crippen MR) is 132 cm³/mol. The third kappa shape index (κ3) is 5.03. The summed E-state index contributed by atoms with van der Waals surface area (Å²) in [6.07, 6.45) is 11.0. The van der Waals surface area contributed by atoms with E-state index in [1.807, 2.05) is 19.9 Å². The molecule has 6 heteroatoms. The monoisotopic (exact) mass is 482 g/mol. The number of benzene rings is 1. The number of piperidine rings is 1. The molecule has 2 aliphatic carbocycles. The van der Waals surface area contributed by atoms with Gasteiger partial charge in [0.2, 0.25) is 5.91 Å². The molecular weight excluding hydrogens is 443 g/mol. The van der Waals surface area contributed by atoms with Crippen molar-refractivity contribution in [3.8, 4) is 0 Å². The van der Waals surface area contributed by atoms with E-state index in [0.29, 0.717) is 5.91 Å². The van der Waals surface area contributed by atoms with Crippen LogP contribution in [0.2, 0.25) is 0 Å². The van der Waals surface area contributed by atoms with E-state index < -0.39 is 17.8 Å². The zero-order chi connectivity index (χ0) is 24.7. The van der Waals surface area contributed by atoms with Crippen molar-refractivity contribution in [1.82, 2.24) is 10.2 Å².